The van der Waals surface area contributed by atoms with E-state index in [9.17, 15) is 0 Å². The number of hydrogen-bond acceptors (Lipinski definition) is 4. The molecular formula is C18H21N3O2. The highest BCUT2D eigenvalue weighted by atomic mass is 16.5. The quantitative estimate of drug-likeness (QED) is 0.537. The zero-order valence-corrected chi connectivity index (χ0v) is 13.2. The number of aromatic nitrogens is 2. The van der Waals surface area contributed by atoms with E-state index in [2.05, 4.69) is 15.6 Å². The minimum absolute atomic E-state index is 0.505. The smallest absolute Gasteiger partial charge is 0.135 e. The van der Waals surface area contributed by atoms with E-state index in [1.54, 1.807) is 7.11 Å². The van der Waals surface area contributed by atoms with Gasteiger partial charge in [-0.1, -0.05) is 18.2 Å². The van der Waals surface area contributed by atoms with E-state index < -0.39 is 0 Å². The van der Waals surface area contributed by atoms with Gasteiger partial charge < -0.3 is 19.8 Å². The van der Waals surface area contributed by atoms with Crippen LogP contribution in [0.5, 0.6) is 5.75 Å². The minimum atomic E-state index is 0.505. The van der Waals surface area contributed by atoms with E-state index in [0.717, 1.165) is 35.6 Å². The Bertz CT molecular complexity index is 783. The van der Waals surface area contributed by atoms with E-state index in [4.69, 9.17) is 15.2 Å². The number of anilines is 1. The number of hydrogen-bond donors (Lipinski definition) is 1. The number of rotatable bonds is 7. The van der Waals surface area contributed by atoms with Crippen molar-refractivity contribution in [3.05, 3.63) is 54.4 Å². The van der Waals surface area contributed by atoms with Crippen molar-refractivity contribution in [1.29, 1.82) is 0 Å². The number of aryl methyl sites for hydroxylation is 1. The summed E-state index contributed by atoms with van der Waals surface area (Å²) in [4.78, 5) is 4.63. The van der Waals surface area contributed by atoms with Gasteiger partial charge in [-0.05, 0) is 30.7 Å². The average molecular weight is 311 g/mol. The van der Waals surface area contributed by atoms with Crippen LogP contribution in [0.4, 0.5) is 5.69 Å². The van der Waals surface area contributed by atoms with Crippen molar-refractivity contribution in [1.82, 2.24) is 9.55 Å². The third-order valence-electron chi connectivity index (χ3n) is 3.66. The lowest BCUT2D eigenvalue weighted by molar-refractivity contribution is 0.174. The number of nitrogens with zero attached hydrogens (tertiary/aromatic N) is 2. The van der Waals surface area contributed by atoms with Gasteiger partial charge >= 0.3 is 0 Å². The molecule has 0 amide bonds. The summed E-state index contributed by atoms with van der Waals surface area (Å²) in [5.74, 6) is 1.75. The molecule has 0 unspecified atom stereocenters. The molecule has 120 valence electrons. The van der Waals surface area contributed by atoms with Crippen LogP contribution in [0.15, 0.2) is 48.5 Å². The van der Waals surface area contributed by atoms with Gasteiger partial charge in [0.1, 0.15) is 18.2 Å². The van der Waals surface area contributed by atoms with E-state index in [-0.39, 0.29) is 0 Å². The predicted octanol–water partition coefficient (Wildman–Crippen LogP) is 3.23. The van der Waals surface area contributed by atoms with Gasteiger partial charge in [-0.15, -0.1) is 0 Å². The van der Waals surface area contributed by atoms with Gasteiger partial charge in [0.25, 0.3) is 0 Å². The second-order valence-corrected chi connectivity index (χ2v) is 5.38. The lowest BCUT2D eigenvalue weighted by Crippen LogP contribution is -2.08. The fraction of sp³-hybridized carbons (Fsp3) is 0.278. The number of para-hydroxylation sites is 2. The van der Waals surface area contributed by atoms with Gasteiger partial charge in [0, 0.05) is 25.4 Å². The fourth-order valence-electron chi connectivity index (χ4n) is 2.63. The number of fused-ring (bicyclic) bond motifs is 1. The summed E-state index contributed by atoms with van der Waals surface area (Å²) >= 11 is 0. The van der Waals surface area contributed by atoms with Crippen LogP contribution in [0.2, 0.25) is 0 Å². The van der Waals surface area contributed by atoms with Gasteiger partial charge in [-0.25, -0.2) is 4.98 Å². The highest BCUT2D eigenvalue weighted by Crippen LogP contribution is 2.18. The number of methoxy groups -OCH3 is 1. The molecular weight excluding hydrogens is 290 g/mol. The molecule has 0 bridgehead atoms. The molecule has 5 nitrogen and oxygen atoms in total. The Morgan fingerprint density at radius 1 is 1.13 bits per heavy atom. The molecule has 3 rings (SSSR count). The molecule has 0 saturated heterocycles. The second-order valence-electron chi connectivity index (χ2n) is 5.38. The molecule has 1 aromatic heterocycles. The monoisotopic (exact) mass is 311 g/mol. The summed E-state index contributed by atoms with van der Waals surface area (Å²) in [7, 11) is 1.69. The van der Waals surface area contributed by atoms with Gasteiger partial charge in [0.15, 0.2) is 0 Å². The average Bonchev–Trinajstić information content (AvgIpc) is 2.90. The Balaban J connectivity index is 1.65. The summed E-state index contributed by atoms with van der Waals surface area (Å²) in [5.41, 5.74) is 8.59. The molecule has 2 N–H and O–H groups in total. The first-order valence-electron chi connectivity index (χ1n) is 7.69. The van der Waals surface area contributed by atoms with E-state index in [1.807, 2.05) is 42.5 Å². The lowest BCUT2D eigenvalue weighted by atomic mass is 10.3. The first-order valence-corrected chi connectivity index (χ1v) is 7.69. The minimum Gasteiger partial charge on any atom is -0.493 e. The zero-order valence-electron chi connectivity index (χ0n) is 13.2. The van der Waals surface area contributed by atoms with Crippen molar-refractivity contribution in [2.75, 3.05) is 19.5 Å². The summed E-state index contributed by atoms with van der Waals surface area (Å²) in [5, 5.41) is 0. The Labute approximate surface area is 135 Å². The maximum absolute atomic E-state index is 5.75. The van der Waals surface area contributed by atoms with Crippen molar-refractivity contribution in [3.63, 3.8) is 0 Å². The van der Waals surface area contributed by atoms with Crippen LogP contribution >= 0.6 is 0 Å². The van der Waals surface area contributed by atoms with Crippen molar-refractivity contribution >= 4 is 16.7 Å². The van der Waals surface area contributed by atoms with Crippen molar-refractivity contribution < 1.29 is 9.47 Å². The van der Waals surface area contributed by atoms with Crippen LogP contribution in [-0.4, -0.2) is 23.3 Å². The highest BCUT2D eigenvalue weighted by Gasteiger charge is 2.09. The van der Waals surface area contributed by atoms with Crippen LogP contribution < -0.4 is 10.5 Å². The molecule has 0 aliphatic carbocycles. The largest absolute Gasteiger partial charge is 0.493 e. The van der Waals surface area contributed by atoms with Crippen LogP contribution in [0.1, 0.15) is 12.2 Å². The summed E-state index contributed by atoms with van der Waals surface area (Å²) in [6.45, 7) is 1.97. The molecule has 0 saturated carbocycles. The molecule has 3 aromatic rings. The maximum atomic E-state index is 5.75. The van der Waals surface area contributed by atoms with E-state index >= 15 is 0 Å². The number of nitrogens with two attached hydrogens (primary N) is 1. The predicted molar refractivity (Wildman–Crippen MR) is 91.4 cm³/mol. The fourth-order valence-corrected chi connectivity index (χ4v) is 2.63. The van der Waals surface area contributed by atoms with Gasteiger partial charge in [-0.2, -0.15) is 0 Å². The van der Waals surface area contributed by atoms with E-state index in [1.165, 1.54) is 0 Å². The van der Waals surface area contributed by atoms with Crippen molar-refractivity contribution in [2.45, 2.75) is 19.6 Å². The van der Waals surface area contributed by atoms with Crippen molar-refractivity contribution in [3.8, 4) is 5.75 Å². The van der Waals surface area contributed by atoms with Crippen LogP contribution in [0.25, 0.3) is 11.0 Å². The van der Waals surface area contributed by atoms with Crippen molar-refractivity contribution in [2.24, 2.45) is 0 Å². The molecule has 0 radical (unpaired) electrons. The summed E-state index contributed by atoms with van der Waals surface area (Å²) in [6, 6.07) is 15.6. The SMILES string of the molecule is COCc1nc2ccccc2n1CCCOc1cccc(N)c1. The molecule has 0 spiro atoms. The molecule has 1 heterocycles. The number of imidazole rings is 1. The standard InChI is InChI=1S/C18H21N3O2/c1-22-13-18-20-16-8-2-3-9-17(16)21(18)10-5-11-23-15-7-4-6-14(19)12-15/h2-4,6-9,12H,5,10-11,13,19H2,1H3. The number of benzene rings is 2. The molecule has 0 aliphatic rings. The third kappa shape index (κ3) is 3.63. The molecule has 0 fully saturated rings. The van der Waals surface area contributed by atoms with Crippen LogP contribution in [0.3, 0.4) is 0 Å². The molecule has 5 heteroatoms. The first kappa shape index (κ1) is 15.4. The Kier molecular flexibility index (Phi) is 4.78. The number of ether oxygens (including phenoxy) is 2. The number of nitrogen functional groups attached to an aromatic ring is 1. The lowest BCUT2D eigenvalue weighted by Gasteiger charge is -2.10. The highest BCUT2D eigenvalue weighted by molar-refractivity contribution is 5.75. The molecule has 2 aromatic carbocycles. The van der Waals surface area contributed by atoms with Crippen LogP contribution in [0, 0.1) is 0 Å². The summed E-state index contributed by atoms with van der Waals surface area (Å²) < 4.78 is 13.2. The summed E-state index contributed by atoms with van der Waals surface area (Å²) in [6.07, 6.45) is 0.881. The third-order valence-corrected chi connectivity index (χ3v) is 3.66. The van der Waals surface area contributed by atoms with Crippen LogP contribution in [-0.2, 0) is 17.9 Å². The normalized spacial score (nSPS) is 11.0. The van der Waals surface area contributed by atoms with E-state index in [0.29, 0.717) is 18.9 Å². The van der Waals surface area contributed by atoms with Gasteiger partial charge in [0.2, 0.25) is 0 Å². The Morgan fingerprint density at radius 2 is 2.00 bits per heavy atom. The van der Waals surface area contributed by atoms with Gasteiger partial charge in [-0.3, -0.25) is 0 Å². The second kappa shape index (κ2) is 7.15. The molecule has 0 aliphatic heterocycles. The Hall–Kier alpha value is -2.53. The zero-order chi connectivity index (χ0) is 16.1. The molecule has 0 atom stereocenters. The maximum Gasteiger partial charge on any atom is 0.135 e. The topological polar surface area (TPSA) is 62.3 Å². The first-order chi connectivity index (χ1) is 11.3. The molecule has 23 heavy (non-hydrogen) atoms. The van der Waals surface area contributed by atoms with Gasteiger partial charge in [0.05, 0.1) is 17.6 Å². The Morgan fingerprint density at radius 3 is 2.83 bits per heavy atom.